The van der Waals surface area contributed by atoms with Crippen LogP contribution in [-0.2, 0) is 46.7 Å². The third-order valence-electron chi connectivity index (χ3n) is 13.3. The monoisotopic (exact) mass is 901 g/mol. The number of Topliss-reactive ketones (excluding diaryl/α,β-unsaturated/α-hetero) is 1. The smallest absolute Gasteiger partial charge is 0.404 e. The molecule has 2 bridgehead atoms. The summed E-state index contributed by atoms with van der Waals surface area (Å²) >= 11 is 0. The molecule has 5 fully saturated rings. The van der Waals surface area contributed by atoms with E-state index < -0.39 is 48.0 Å². The van der Waals surface area contributed by atoms with Crippen molar-refractivity contribution in [2.24, 2.45) is 35.3 Å². The van der Waals surface area contributed by atoms with Gasteiger partial charge >= 0.3 is 6.09 Å². The molecule has 9 rings (SSSR count). The van der Waals surface area contributed by atoms with Crippen molar-refractivity contribution in [3.63, 3.8) is 0 Å². The number of phenols is 2. The molecule has 7 aliphatic rings. The second kappa shape index (κ2) is 22.3. The number of carbonyl (C=O) groups excluding carboxylic acids is 4. The summed E-state index contributed by atoms with van der Waals surface area (Å²) in [4.78, 5) is 72.7. The molecule has 2 aliphatic heterocycles. The fourth-order valence-corrected chi connectivity index (χ4v) is 10.4. The molecule has 0 aromatic heterocycles. The van der Waals surface area contributed by atoms with E-state index in [0.717, 1.165) is 71.0 Å². The Hall–Kier alpha value is -4.20. The minimum Gasteiger partial charge on any atom is -0.507 e. The molecule has 7 N–H and O–H groups in total. The van der Waals surface area contributed by atoms with Crippen molar-refractivity contribution in [1.29, 1.82) is 0 Å². The van der Waals surface area contributed by atoms with Gasteiger partial charge in [-0.25, -0.2) is 4.79 Å². The van der Waals surface area contributed by atoms with E-state index in [2.05, 4.69) is 13.8 Å². The normalized spacial score (nSPS) is 31.0. The van der Waals surface area contributed by atoms with Crippen LogP contribution in [0.4, 0.5) is 4.79 Å². The summed E-state index contributed by atoms with van der Waals surface area (Å²) in [6.07, 6.45) is 9.22. The number of benzene rings is 2. The second-order valence-electron chi connectivity index (χ2n) is 17.5. The zero-order valence-corrected chi connectivity index (χ0v) is 37.9. The van der Waals surface area contributed by atoms with Gasteiger partial charge in [-0.05, 0) is 95.0 Å². The van der Waals surface area contributed by atoms with E-state index in [9.17, 15) is 29.4 Å². The van der Waals surface area contributed by atoms with Gasteiger partial charge in [-0.15, -0.1) is 0 Å². The number of ketones is 3. The van der Waals surface area contributed by atoms with Crippen molar-refractivity contribution in [1.82, 2.24) is 0 Å². The average molecular weight is 902 g/mol. The molecule has 3 saturated carbocycles. The quantitative estimate of drug-likeness (QED) is 0.128. The third-order valence-corrected chi connectivity index (χ3v) is 13.3. The van der Waals surface area contributed by atoms with Gasteiger partial charge in [0.15, 0.2) is 17.9 Å². The molecule has 1 amide bonds. The fourth-order valence-electron chi connectivity index (χ4n) is 10.4. The number of aromatic hydroxyl groups is 2. The number of methoxy groups -OCH3 is 1. The molecule has 2 aromatic carbocycles. The first-order chi connectivity index (χ1) is 30.7. The Morgan fingerprint density at radius 2 is 1.55 bits per heavy atom. The lowest BCUT2D eigenvalue weighted by atomic mass is 9.62. The molecule has 5 aliphatic carbocycles. The van der Waals surface area contributed by atoms with Crippen molar-refractivity contribution in [3.8, 4) is 17.2 Å². The molecule has 0 radical (unpaired) electrons. The molecule has 356 valence electrons. The molecule has 2 heterocycles. The number of amides is 1. The van der Waals surface area contributed by atoms with Crippen LogP contribution in [0.25, 0.3) is 0 Å². The fraction of sp³-hybridized carbons (Fsp3) is 0.660. The summed E-state index contributed by atoms with van der Waals surface area (Å²) in [7, 11) is 2.38. The van der Waals surface area contributed by atoms with Crippen LogP contribution in [0.15, 0.2) is 18.2 Å². The van der Waals surface area contributed by atoms with Crippen LogP contribution in [0.1, 0.15) is 148 Å². The SMILES string of the molecule is CC.CC1CC2CC(C)C3(OOC4(CCCC(OC(N)=O)C4)OO3)C(C1)C2.CO.COc1cccc2c1C(=O)c1c(O)c3c(c(O)c1C2=O)CC(C(=O)CO)CC3.OC1CCCCO1. The van der Waals surface area contributed by atoms with E-state index in [1.54, 1.807) is 12.1 Å². The average Bonchev–Trinajstić information content (AvgIpc) is 3.30. The first-order valence-electron chi connectivity index (χ1n) is 22.6. The highest BCUT2D eigenvalue weighted by molar-refractivity contribution is 6.31. The number of fused-ring (bicyclic) bond motifs is 6. The molecule has 7 unspecified atom stereocenters. The molecular formula is C47H67NO16. The van der Waals surface area contributed by atoms with E-state index in [0.29, 0.717) is 30.7 Å². The Kier molecular flexibility index (Phi) is 17.7. The van der Waals surface area contributed by atoms with Crippen LogP contribution in [0.5, 0.6) is 17.2 Å². The van der Waals surface area contributed by atoms with E-state index in [4.69, 9.17) is 54.8 Å². The Balaban J connectivity index is 0.000000197. The lowest BCUT2D eigenvalue weighted by Gasteiger charge is -2.55. The maximum absolute atomic E-state index is 13.1. The van der Waals surface area contributed by atoms with Crippen molar-refractivity contribution in [2.45, 2.75) is 142 Å². The van der Waals surface area contributed by atoms with Crippen LogP contribution < -0.4 is 10.5 Å². The Morgan fingerprint density at radius 3 is 2.16 bits per heavy atom. The highest BCUT2D eigenvalue weighted by Crippen LogP contribution is 2.55. The highest BCUT2D eigenvalue weighted by atomic mass is 17.4. The highest BCUT2D eigenvalue weighted by Gasteiger charge is 2.60. The molecule has 17 nitrogen and oxygen atoms in total. The Labute approximate surface area is 374 Å². The largest absolute Gasteiger partial charge is 0.507 e. The zero-order chi connectivity index (χ0) is 46.9. The van der Waals surface area contributed by atoms with E-state index in [1.807, 2.05) is 13.8 Å². The van der Waals surface area contributed by atoms with Crippen molar-refractivity contribution >= 4 is 23.4 Å². The summed E-state index contributed by atoms with van der Waals surface area (Å²) < 4.78 is 15.2. The van der Waals surface area contributed by atoms with Crippen LogP contribution in [0, 0.1) is 29.6 Å². The molecular weight excluding hydrogens is 835 g/mol. The van der Waals surface area contributed by atoms with E-state index >= 15 is 0 Å². The molecule has 2 saturated heterocycles. The van der Waals surface area contributed by atoms with Crippen molar-refractivity contribution in [2.75, 3.05) is 27.4 Å². The number of rotatable bonds is 4. The van der Waals surface area contributed by atoms with E-state index in [-0.39, 0.29) is 81.6 Å². The van der Waals surface area contributed by atoms with Crippen LogP contribution >= 0.6 is 0 Å². The van der Waals surface area contributed by atoms with E-state index in [1.165, 1.54) is 19.6 Å². The summed E-state index contributed by atoms with van der Waals surface area (Å²) in [5, 5.41) is 46.4. The van der Waals surface area contributed by atoms with Gasteiger partial charge in [0, 0.05) is 61.0 Å². The lowest BCUT2D eigenvalue weighted by molar-refractivity contribution is -0.677. The predicted octanol–water partition coefficient (Wildman–Crippen LogP) is 6.11. The number of carbonyl (C=O) groups is 4. The molecule has 17 heteroatoms. The predicted molar refractivity (Wildman–Crippen MR) is 229 cm³/mol. The summed E-state index contributed by atoms with van der Waals surface area (Å²) in [6.45, 7) is 8.57. The van der Waals surface area contributed by atoms with Gasteiger partial charge < -0.3 is 45.5 Å². The number of aliphatic hydroxyl groups excluding tert-OH is 3. The first-order valence-corrected chi connectivity index (χ1v) is 22.6. The van der Waals surface area contributed by atoms with Crippen LogP contribution in [0.2, 0.25) is 0 Å². The van der Waals surface area contributed by atoms with Gasteiger partial charge in [-0.3, -0.25) is 14.4 Å². The molecule has 2 spiro atoms. The third kappa shape index (κ3) is 10.6. The number of hydrogen-bond acceptors (Lipinski definition) is 16. The van der Waals surface area contributed by atoms with Gasteiger partial charge in [-0.2, -0.15) is 19.6 Å². The maximum atomic E-state index is 13.1. The van der Waals surface area contributed by atoms with Gasteiger partial charge in [0.25, 0.3) is 0 Å². The van der Waals surface area contributed by atoms with Gasteiger partial charge in [-0.1, -0.05) is 39.8 Å². The summed E-state index contributed by atoms with van der Waals surface area (Å²) in [5.41, 5.74) is 5.44. The number of hydrogen-bond donors (Lipinski definition) is 6. The summed E-state index contributed by atoms with van der Waals surface area (Å²) in [5.74, 6) is -2.51. The molecule has 7 atom stereocenters. The van der Waals surface area contributed by atoms with Crippen LogP contribution in [0.3, 0.4) is 0 Å². The van der Waals surface area contributed by atoms with Gasteiger partial charge in [0.2, 0.25) is 17.4 Å². The Morgan fingerprint density at radius 1 is 0.859 bits per heavy atom. The number of phenolic OH excluding ortho intramolecular Hbond substituents is 2. The van der Waals surface area contributed by atoms with Crippen molar-refractivity contribution in [3.05, 3.63) is 51.6 Å². The number of primary amides is 1. The maximum Gasteiger partial charge on any atom is 0.404 e. The van der Waals surface area contributed by atoms with Gasteiger partial charge in [0.05, 0.1) is 23.8 Å². The molecule has 64 heavy (non-hydrogen) atoms. The number of aliphatic hydroxyl groups is 3. The Bertz CT molecular complexity index is 1950. The first kappa shape index (κ1) is 50.8. The second-order valence-corrected chi connectivity index (χ2v) is 17.5. The summed E-state index contributed by atoms with van der Waals surface area (Å²) in [6, 6.07) is 4.59. The minimum atomic E-state index is -1.01. The minimum absolute atomic E-state index is 0.0568. The van der Waals surface area contributed by atoms with Crippen molar-refractivity contribution < 1.29 is 78.5 Å². The zero-order valence-electron chi connectivity index (χ0n) is 37.9. The molecule has 2 aromatic rings. The standard InChI is InChI=1S/C21H18O7.C18H29NO6.C5H10O2.C2H6.CH4O/c1-28-14-4-2-3-11-15(14)21(27)17-16(19(11)25)20(26)12-7-9(13(23)8-22)5-6-10(12)18(17)24;1-11-6-13-8-12(2)18(14(7-11)9-13)24-22-17(23-25-18)5-3-4-15(10-17)21-16(19)20;6-5-3-1-2-4-7-5;2*1-2/h2-4,9,22,24,26H,5-8H2,1H3;11-15H,3-10H2,1-2H3,(H2,19,20);5-6H,1-4H2;1-2H3;2H,1H3. The number of nitrogens with two attached hydrogens (primary N) is 1. The lowest BCUT2D eigenvalue weighted by Crippen LogP contribution is -2.62. The number of ether oxygens (including phenoxy) is 3. The van der Waals surface area contributed by atoms with Crippen LogP contribution in [-0.4, -0.2) is 100 Å². The van der Waals surface area contributed by atoms with Gasteiger partial charge in [0.1, 0.15) is 30.0 Å². The topological polar surface area (TPSA) is 260 Å².